The van der Waals surface area contributed by atoms with Crippen molar-refractivity contribution < 1.29 is 0 Å². The van der Waals surface area contributed by atoms with E-state index in [0.717, 1.165) is 6.54 Å². The van der Waals surface area contributed by atoms with E-state index in [0.29, 0.717) is 0 Å². The smallest absolute Gasteiger partial charge is 0.0340 e. The minimum atomic E-state index is 0.985. The molecule has 1 aromatic rings. The highest BCUT2D eigenvalue weighted by atomic mass is 32.2. The van der Waals surface area contributed by atoms with Crippen molar-refractivity contribution >= 4 is 17.4 Å². The number of benzene rings is 1. The quantitative estimate of drug-likeness (QED) is 0.695. The van der Waals surface area contributed by atoms with E-state index in [1.54, 1.807) is 11.8 Å². The summed E-state index contributed by atoms with van der Waals surface area (Å²) in [6.45, 7) is 3.08. The molecule has 0 amide bonds. The van der Waals surface area contributed by atoms with Crippen LogP contribution in [0.1, 0.15) is 6.92 Å². The van der Waals surface area contributed by atoms with E-state index in [9.17, 15) is 0 Å². The number of rotatable bonds is 3. The van der Waals surface area contributed by atoms with E-state index >= 15 is 0 Å². The molecule has 0 unspecified atom stereocenters. The summed E-state index contributed by atoms with van der Waals surface area (Å²) in [5.41, 5.74) is 1.20. The Kier molecular flexibility index (Phi) is 3.30. The highest BCUT2D eigenvalue weighted by Crippen LogP contribution is 2.16. The zero-order valence-corrected chi connectivity index (χ0v) is 7.74. The van der Waals surface area contributed by atoms with Crippen LogP contribution in [0, 0.1) is 0 Å². The fourth-order valence-electron chi connectivity index (χ4n) is 0.913. The van der Waals surface area contributed by atoms with Gasteiger partial charge in [0.1, 0.15) is 0 Å². The summed E-state index contributed by atoms with van der Waals surface area (Å²) in [6.07, 6.45) is 2.09. The van der Waals surface area contributed by atoms with Gasteiger partial charge in [-0.3, -0.25) is 0 Å². The highest BCUT2D eigenvalue weighted by Gasteiger charge is 1.89. The Morgan fingerprint density at radius 1 is 1.27 bits per heavy atom. The Morgan fingerprint density at radius 3 is 2.36 bits per heavy atom. The first kappa shape index (κ1) is 8.47. The molecule has 1 nitrogen and oxygen atoms in total. The summed E-state index contributed by atoms with van der Waals surface area (Å²) in [6, 6.07) is 8.47. The number of hydrogen-bond donors (Lipinski definition) is 1. The maximum absolute atomic E-state index is 3.25. The van der Waals surface area contributed by atoms with E-state index < -0.39 is 0 Å². The highest BCUT2D eigenvalue weighted by molar-refractivity contribution is 7.98. The molecular formula is C9H13NS. The minimum absolute atomic E-state index is 0.985. The van der Waals surface area contributed by atoms with Gasteiger partial charge in [-0.25, -0.2) is 0 Å². The summed E-state index contributed by atoms with van der Waals surface area (Å²) >= 11 is 1.77. The molecule has 0 saturated heterocycles. The van der Waals surface area contributed by atoms with Gasteiger partial charge in [0.05, 0.1) is 0 Å². The van der Waals surface area contributed by atoms with E-state index in [2.05, 4.69) is 42.8 Å². The third-order valence-electron chi connectivity index (χ3n) is 1.47. The Labute approximate surface area is 72.2 Å². The van der Waals surface area contributed by atoms with Crippen molar-refractivity contribution in [1.82, 2.24) is 0 Å². The molecule has 2 heteroatoms. The third-order valence-corrected chi connectivity index (χ3v) is 2.21. The van der Waals surface area contributed by atoms with E-state index in [4.69, 9.17) is 0 Å². The Balaban J connectivity index is 2.66. The Morgan fingerprint density at radius 2 is 1.91 bits per heavy atom. The summed E-state index contributed by atoms with van der Waals surface area (Å²) in [5.74, 6) is 0. The average molecular weight is 167 g/mol. The second-order valence-corrected chi connectivity index (χ2v) is 3.14. The zero-order valence-electron chi connectivity index (χ0n) is 6.92. The number of anilines is 1. The molecule has 0 spiro atoms. The van der Waals surface area contributed by atoms with Crippen LogP contribution in [0.15, 0.2) is 29.2 Å². The molecule has 0 atom stereocenters. The van der Waals surface area contributed by atoms with Crippen LogP contribution in [0.2, 0.25) is 0 Å². The van der Waals surface area contributed by atoms with Crippen molar-refractivity contribution in [2.75, 3.05) is 18.1 Å². The molecule has 11 heavy (non-hydrogen) atoms. The van der Waals surface area contributed by atoms with Gasteiger partial charge in [0, 0.05) is 17.1 Å². The second kappa shape index (κ2) is 4.29. The van der Waals surface area contributed by atoms with Gasteiger partial charge in [0.2, 0.25) is 0 Å². The van der Waals surface area contributed by atoms with Crippen molar-refractivity contribution in [2.24, 2.45) is 0 Å². The second-order valence-electron chi connectivity index (χ2n) is 2.26. The van der Waals surface area contributed by atoms with Gasteiger partial charge in [-0.15, -0.1) is 11.8 Å². The number of hydrogen-bond acceptors (Lipinski definition) is 2. The van der Waals surface area contributed by atoms with E-state index in [1.165, 1.54) is 10.6 Å². The van der Waals surface area contributed by atoms with Crippen LogP contribution < -0.4 is 5.32 Å². The standard InChI is InChI=1S/C9H13NS/c1-3-10-8-4-6-9(11-2)7-5-8/h4-7,10H,3H2,1-2H3. The molecule has 0 aliphatic heterocycles. The van der Waals surface area contributed by atoms with Gasteiger partial charge in [-0.05, 0) is 37.4 Å². The lowest BCUT2D eigenvalue weighted by molar-refractivity contribution is 1.21. The molecule has 0 aromatic heterocycles. The maximum atomic E-state index is 3.25. The van der Waals surface area contributed by atoms with Crippen LogP contribution in [0.25, 0.3) is 0 Å². The normalized spacial score (nSPS) is 9.64. The van der Waals surface area contributed by atoms with Crippen LogP contribution in [0.5, 0.6) is 0 Å². The summed E-state index contributed by atoms with van der Waals surface area (Å²) < 4.78 is 0. The summed E-state index contributed by atoms with van der Waals surface area (Å²) in [7, 11) is 0. The lowest BCUT2D eigenvalue weighted by Crippen LogP contribution is -1.95. The Bertz CT molecular complexity index is 205. The van der Waals surface area contributed by atoms with Crippen LogP contribution in [0.3, 0.4) is 0 Å². The molecule has 1 N–H and O–H groups in total. The zero-order chi connectivity index (χ0) is 8.10. The fraction of sp³-hybridized carbons (Fsp3) is 0.333. The van der Waals surface area contributed by atoms with Crippen molar-refractivity contribution in [3.8, 4) is 0 Å². The predicted molar refractivity (Wildman–Crippen MR) is 52.4 cm³/mol. The molecule has 0 heterocycles. The van der Waals surface area contributed by atoms with Crippen LogP contribution in [-0.4, -0.2) is 12.8 Å². The van der Waals surface area contributed by atoms with Gasteiger partial charge in [-0.1, -0.05) is 0 Å². The van der Waals surface area contributed by atoms with Crippen LogP contribution in [0.4, 0.5) is 5.69 Å². The third kappa shape index (κ3) is 2.46. The predicted octanol–water partition coefficient (Wildman–Crippen LogP) is 2.84. The number of nitrogens with one attached hydrogen (secondary N) is 1. The SMILES string of the molecule is CCNc1ccc(SC)cc1. The average Bonchev–Trinajstić information content (AvgIpc) is 2.07. The molecular weight excluding hydrogens is 154 g/mol. The van der Waals surface area contributed by atoms with Gasteiger partial charge in [0.25, 0.3) is 0 Å². The first-order chi connectivity index (χ1) is 5.36. The monoisotopic (exact) mass is 167 g/mol. The lowest BCUT2D eigenvalue weighted by atomic mass is 10.3. The van der Waals surface area contributed by atoms with Crippen LogP contribution in [-0.2, 0) is 0 Å². The molecule has 1 aromatic carbocycles. The van der Waals surface area contributed by atoms with Gasteiger partial charge >= 0.3 is 0 Å². The molecule has 0 fully saturated rings. The number of thioether (sulfide) groups is 1. The van der Waals surface area contributed by atoms with Crippen molar-refractivity contribution in [1.29, 1.82) is 0 Å². The van der Waals surface area contributed by atoms with Crippen LogP contribution >= 0.6 is 11.8 Å². The molecule has 1 rings (SSSR count). The van der Waals surface area contributed by atoms with Gasteiger partial charge < -0.3 is 5.32 Å². The topological polar surface area (TPSA) is 12.0 Å². The largest absolute Gasteiger partial charge is 0.385 e. The first-order valence-corrected chi connectivity index (χ1v) is 4.97. The van der Waals surface area contributed by atoms with Gasteiger partial charge in [0.15, 0.2) is 0 Å². The molecule has 60 valence electrons. The fourth-order valence-corrected chi connectivity index (χ4v) is 1.32. The summed E-state index contributed by atoms with van der Waals surface area (Å²) in [4.78, 5) is 1.31. The van der Waals surface area contributed by atoms with Crippen molar-refractivity contribution in [3.63, 3.8) is 0 Å². The molecule has 0 aliphatic carbocycles. The van der Waals surface area contributed by atoms with E-state index in [1.807, 2.05) is 0 Å². The lowest BCUT2D eigenvalue weighted by Gasteiger charge is -2.02. The van der Waals surface area contributed by atoms with Crippen molar-refractivity contribution in [3.05, 3.63) is 24.3 Å². The molecule has 0 saturated carbocycles. The molecule has 0 radical (unpaired) electrons. The van der Waals surface area contributed by atoms with Crippen molar-refractivity contribution in [2.45, 2.75) is 11.8 Å². The molecule has 0 bridgehead atoms. The summed E-state index contributed by atoms with van der Waals surface area (Å²) in [5, 5.41) is 3.25. The first-order valence-electron chi connectivity index (χ1n) is 3.74. The minimum Gasteiger partial charge on any atom is -0.385 e. The van der Waals surface area contributed by atoms with Gasteiger partial charge in [-0.2, -0.15) is 0 Å². The van der Waals surface area contributed by atoms with E-state index in [-0.39, 0.29) is 0 Å². The maximum Gasteiger partial charge on any atom is 0.0340 e. The molecule has 0 aliphatic rings. The Hall–Kier alpha value is -0.630.